The van der Waals surface area contributed by atoms with Crippen molar-refractivity contribution in [3.05, 3.63) is 24.0 Å². The Hall–Kier alpha value is -0.800. The molecular formula is C13H23N3. The average Bonchev–Trinajstić information content (AvgIpc) is 2.79. The maximum Gasteiger partial charge on any atom is 0.0223 e. The predicted octanol–water partition coefficient (Wildman–Crippen LogP) is 1.98. The van der Waals surface area contributed by atoms with Crippen LogP contribution in [0.3, 0.4) is 0 Å². The summed E-state index contributed by atoms with van der Waals surface area (Å²) in [7, 11) is 4.39. The molecule has 1 saturated carbocycles. The lowest BCUT2D eigenvalue weighted by molar-refractivity contribution is 0.198. The van der Waals surface area contributed by atoms with Crippen molar-refractivity contribution in [3.8, 4) is 0 Å². The lowest BCUT2D eigenvalue weighted by Crippen LogP contribution is -2.41. The van der Waals surface area contributed by atoms with Gasteiger partial charge in [-0.3, -0.25) is 0 Å². The van der Waals surface area contributed by atoms with E-state index in [-0.39, 0.29) is 0 Å². The molecule has 1 aliphatic carbocycles. The molecule has 3 nitrogen and oxygen atoms in total. The van der Waals surface area contributed by atoms with E-state index in [4.69, 9.17) is 0 Å². The molecule has 1 aromatic rings. The van der Waals surface area contributed by atoms with Crippen LogP contribution in [-0.4, -0.2) is 36.1 Å². The first-order valence-electron chi connectivity index (χ1n) is 6.27. The zero-order valence-corrected chi connectivity index (χ0v) is 10.4. The maximum atomic E-state index is 3.66. The van der Waals surface area contributed by atoms with Crippen molar-refractivity contribution in [3.63, 3.8) is 0 Å². The van der Waals surface area contributed by atoms with E-state index in [2.05, 4.69) is 41.6 Å². The highest BCUT2D eigenvalue weighted by Gasteiger charge is 2.22. The summed E-state index contributed by atoms with van der Waals surface area (Å²) in [6, 6.07) is 3.59. The van der Waals surface area contributed by atoms with E-state index in [1.165, 1.54) is 31.2 Å². The third kappa shape index (κ3) is 3.09. The summed E-state index contributed by atoms with van der Waals surface area (Å²) in [5, 5.41) is 3.66. The van der Waals surface area contributed by atoms with Gasteiger partial charge in [0, 0.05) is 31.0 Å². The minimum absolute atomic E-state index is 0.691. The molecule has 2 rings (SSSR count). The molecule has 2 N–H and O–H groups in total. The van der Waals surface area contributed by atoms with Crippen molar-refractivity contribution < 1.29 is 0 Å². The van der Waals surface area contributed by atoms with Crippen LogP contribution in [-0.2, 0) is 6.54 Å². The van der Waals surface area contributed by atoms with Gasteiger partial charge in [-0.15, -0.1) is 0 Å². The Morgan fingerprint density at radius 3 is 3.00 bits per heavy atom. The fourth-order valence-corrected chi connectivity index (χ4v) is 2.55. The number of aromatic amines is 1. The van der Waals surface area contributed by atoms with E-state index < -0.39 is 0 Å². The molecule has 0 aliphatic heterocycles. The summed E-state index contributed by atoms with van der Waals surface area (Å²) in [6.45, 7) is 0.994. The van der Waals surface area contributed by atoms with Gasteiger partial charge in [-0.05, 0) is 45.0 Å². The number of rotatable bonds is 4. The van der Waals surface area contributed by atoms with E-state index >= 15 is 0 Å². The van der Waals surface area contributed by atoms with Crippen LogP contribution in [0, 0.1) is 0 Å². The summed E-state index contributed by atoms with van der Waals surface area (Å²) in [6.07, 6.45) is 9.38. The van der Waals surface area contributed by atoms with Crippen LogP contribution in [0.1, 0.15) is 31.2 Å². The Morgan fingerprint density at radius 2 is 2.31 bits per heavy atom. The van der Waals surface area contributed by atoms with Gasteiger partial charge in [-0.25, -0.2) is 0 Å². The van der Waals surface area contributed by atoms with Gasteiger partial charge in [0.15, 0.2) is 0 Å². The Labute approximate surface area is 98.2 Å². The molecule has 0 bridgehead atoms. The van der Waals surface area contributed by atoms with Crippen LogP contribution < -0.4 is 5.32 Å². The van der Waals surface area contributed by atoms with Gasteiger partial charge in [-0.1, -0.05) is 6.42 Å². The third-order valence-corrected chi connectivity index (χ3v) is 3.63. The highest BCUT2D eigenvalue weighted by Crippen LogP contribution is 2.21. The molecular weight excluding hydrogens is 198 g/mol. The van der Waals surface area contributed by atoms with Crippen LogP contribution in [0.2, 0.25) is 0 Å². The maximum absolute atomic E-state index is 3.66. The van der Waals surface area contributed by atoms with Gasteiger partial charge in [0.2, 0.25) is 0 Å². The second kappa shape index (κ2) is 5.51. The molecule has 2 atom stereocenters. The predicted molar refractivity (Wildman–Crippen MR) is 67.4 cm³/mol. The summed E-state index contributed by atoms with van der Waals surface area (Å²) < 4.78 is 0. The van der Waals surface area contributed by atoms with E-state index in [0.717, 1.165) is 12.6 Å². The van der Waals surface area contributed by atoms with E-state index in [9.17, 15) is 0 Å². The van der Waals surface area contributed by atoms with Crippen LogP contribution in [0.25, 0.3) is 0 Å². The molecule has 0 aromatic carbocycles. The fraction of sp³-hybridized carbons (Fsp3) is 0.692. The quantitative estimate of drug-likeness (QED) is 0.814. The molecule has 1 fully saturated rings. The van der Waals surface area contributed by atoms with Crippen LogP contribution >= 0.6 is 0 Å². The number of hydrogen-bond donors (Lipinski definition) is 2. The van der Waals surface area contributed by atoms with Crippen molar-refractivity contribution >= 4 is 0 Å². The summed E-state index contributed by atoms with van der Waals surface area (Å²) in [5.74, 6) is 0. The topological polar surface area (TPSA) is 31.1 Å². The second-order valence-corrected chi connectivity index (χ2v) is 5.08. The lowest BCUT2D eigenvalue weighted by atomic mass is 9.90. The second-order valence-electron chi connectivity index (χ2n) is 5.08. The summed E-state index contributed by atoms with van der Waals surface area (Å²) in [4.78, 5) is 5.46. The van der Waals surface area contributed by atoms with Gasteiger partial charge < -0.3 is 15.2 Å². The zero-order valence-electron chi connectivity index (χ0n) is 10.4. The number of H-pyrrole nitrogens is 1. The van der Waals surface area contributed by atoms with E-state index in [0.29, 0.717) is 6.04 Å². The SMILES string of the molecule is CN(C)C1CCCC(NCc2cc[nH]c2)C1. The van der Waals surface area contributed by atoms with Crippen LogP contribution in [0.5, 0.6) is 0 Å². The standard InChI is InChI=1S/C13H23N3/c1-16(2)13-5-3-4-12(8-13)15-10-11-6-7-14-9-11/h6-7,9,12-15H,3-5,8,10H2,1-2H3. The number of hydrogen-bond acceptors (Lipinski definition) is 2. The van der Waals surface area contributed by atoms with Crippen molar-refractivity contribution in [1.82, 2.24) is 15.2 Å². The monoisotopic (exact) mass is 221 g/mol. The van der Waals surface area contributed by atoms with Crippen LogP contribution in [0.15, 0.2) is 18.5 Å². The first-order valence-corrected chi connectivity index (χ1v) is 6.27. The normalized spacial score (nSPS) is 26.2. The highest BCUT2D eigenvalue weighted by atomic mass is 15.1. The molecule has 3 heteroatoms. The molecule has 2 unspecified atom stereocenters. The number of nitrogens with zero attached hydrogens (tertiary/aromatic N) is 1. The largest absolute Gasteiger partial charge is 0.367 e. The van der Waals surface area contributed by atoms with Crippen molar-refractivity contribution in [1.29, 1.82) is 0 Å². The lowest BCUT2D eigenvalue weighted by Gasteiger charge is -2.33. The van der Waals surface area contributed by atoms with Gasteiger partial charge >= 0.3 is 0 Å². The molecule has 1 heterocycles. The molecule has 0 saturated heterocycles. The Kier molecular flexibility index (Phi) is 4.02. The summed E-state index contributed by atoms with van der Waals surface area (Å²) >= 11 is 0. The van der Waals surface area contributed by atoms with Crippen molar-refractivity contribution in [2.24, 2.45) is 0 Å². The minimum Gasteiger partial charge on any atom is -0.367 e. The minimum atomic E-state index is 0.691. The molecule has 1 aliphatic rings. The van der Waals surface area contributed by atoms with Crippen molar-refractivity contribution in [2.75, 3.05) is 14.1 Å². The van der Waals surface area contributed by atoms with E-state index in [1.54, 1.807) is 0 Å². The average molecular weight is 221 g/mol. The van der Waals surface area contributed by atoms with Gasteiger partial charge in [0.05, 0.1) is 0 Å². The first kappa shape index (κ1) is 11.7. The van der Waals surface area contributed by atoms with Gasteiger partial charge in [0.1, 0.15) is 0 Å². The fourth-order valence-electron chi connectivity index (χ4n) is 2.55. The van der Waals surface area contributed by atoms with Crippen molar-refractivity contribution in [2.45, 2.75) is 44.3 Å². The molecule has 1 aromatic heterocycles. The van der Waals surface area contributed by atoms with Gasteiger partial charge in [0.25, 0.3) is 0 Å². The zero-order chi connectivity index (χ0) is 11.4. The van der Waals surface area contributed by atoms with Gasteiger partial charge in [-0.2, -0.15) is 0 Å². The molecule has 90 valence electrons. The Morgan fingerprint density at radius 1 is 1.44 bits per heavy atom. The third-order valence-electron chi connectivity index (χ3n) is 3.63. The van der Waals surface area contributed by atoms with E-state index in [1.807, 2.05) is 6.20 Å². The summed E-state index contributed by atoms with van der Waals surface area (Å²) in [5.41, 5.74) is 1.35. The molecule has 0 spiro atoms. The molecule has 0 amide bonds. The smallest absolute Gasteiger partial charge is 0.0223 e. The molecule has 0 radical (unpaired) electrons. The highest BCUT2D eigenvalue weighted by molar-refractivity contribution is 5.07. The van der Waals surface area contributed by atoms with Crippen LogP contribution in [0.4, 0.5) is 0 Å². The Bertz CT molecular complexity index is 292. The molecule has 16 heavy (non-hydrogen) atoms. The number of aromatic nitrogens is 1. The Balaban J connectivity index is 1.77. The first-order chi connectivity index (χ1) is 7.75. The number of nitrogens with one attached hydrogen (secondary N) is 2.